The van der Waals surface area contributed by atoms with Crippen molar-refractivity contribution in [2.45, 2.75) is 11.3 Å². The van der Waals surface area contributed by atoms with E-state index in [0.29, 0.717) is 0 Å². The molecule has 0 amide bonds. The molecule has 0 atom stereocenters. The lowest BCUT2D eigenvalue weighted by molar-refractivity contribution is -0.464. The van der Waals surface area contributed by atoms with Gasteiger partial charge in [0, 0.05) is 27.3 Å². The van der Waals surface area contributed by atoms with Crippen LogP contribution in [-0.2, 0) is 0 Å². The van der Waals surface area contributed by atoms with Crippen molar-refractivity contribution in [1.29, 1.82) is 0 Å². The highest BCUT2D eigenvalue weighted by atomic mass is 35.5. The molecule has 3 rings (SSSR count). The van der Waals surface area contributed by atoms with Gasteiger partial charge in [-0.15, -0.1) is 0 Å². The Kier molecular flexibility index (Phi) is 3.92. The average Bonchev–Trinajstić information content (AvgIpc) is 2.35. The van der Waals surface area contributed by atoms with Gasteiger partial charge in [-0.1, -0.05) is 11.8 Å². The summed E-state index contributed by atoms with van der Waals surface area (Å²) in [6.45, 7) is 0. The van der Waals surface area contributed by atoms with E-state index in [-0.39, 0.29) is 12.4 Å². The summed E-state index contributed by atoms with van der Waals surface area (Å²) in [5, 5.41) is 3.47. The molecule has 5 heteroatoms. The predicted molar refractivity (Wildman–Crippen MR) is 78.2 cm³/mol. The van der Waals surface area contributed by atoms with Gasteiger partial charge in [-0.25, -0.2) is 4.58 Å². The smallest absolute Gasteiger partial charge is 0.180 e. The van der Waals surface area contributed by atoms with Gasteiger partial charge in [-0.2, -0.15) is 0 Å². The van der Waals surface area contributed by atoms with E-state index in [2.05, 4.69) is 36.1 Å². The largest absolute Gasteiger partial charge is 1.00 e. The number of hydrogen-bond acceptors (Lipinski definition) is 3. The Morgan fingerprint density at radius 2 is 2.05 bits per heavy atom. The van der Waals surface area contributed by atoms with Crippen LogP contribution in [0, 0.1) is 0 Å². The Hall–Kier alpha value is -1.39. The molecular weight excluding hydrogens is 278 g/mol. The fourth-order valence-corrected chi connectivity index (χ4v) is 3.24. The van der Waals surface area contributed by atoms with E-state index in [1.54, 1.807) is 0 Å². The zero-order valence-corrected chi connectivity index (χ0v) is 12.5. The Morgan fingerprint density at radius 3 is 2.79 bits per heavy atom. The molecule has 0 unspecified atom stereocenters. The Morgan fingerprint density at radius 1 is 1.26 bits per heavy atom. The number of benzene rings is 1. The van der Waals surface area contributed by atoms with Gasteiger partial charge < -0.3 is 23.5 Å². The molecule has 0 saturated heterocycles. The summed E-state index contributed by atoms with van der Waals surface area (Å²) in [6, 6.07) is 6.01. The molecule has 0 radical (unpaired) electrons. The highest BCUT2D eigenvalue weighted by Crippen LogP contribution is 2.43. The van der Waals surface area contributed by atoms with E-state index >= 15 is 0 Å². The molecule has 1 aliphatic heterocycles. The third-order valence-electron chi connectivity index (χ3n) is 3.17. The lowest BCUT2D eigenvalue weighted by atomic mass is 10.1. The summed E-state index contributed by atoms with van der Waals surface area (Å²) in [4.78, 5) is 2.57. The first-order valence-corrected chi connectivity index (χ1v) is 6.74. The van der Waals surface area contributed by atoms with Gasteiger partial charge in [0.1, 0.15) is 14.1 Å². The van der Waals surface area contributed by atoms with Crippen LogP contribution < -0.4 is 23.5 Å². The number of thioether (sulfide) groups is 1. The van der Waals surface area contributed by atoms with Crippen molar-refractivity contribution < 1.29 is 17.0 Å². The van der Waals surface area contributed by atoms with Crippen molar-refractivity contribution in [2.24, 2.45) is 0 Å². The number of anilines is 2. The van der Waals surface area contributed by atoms with Gasteiger partial charge in [-0.05, 0) is 24.3 Å². The summed E-state index contributed by atoms with van der Waals surface area (Å²) in [6.07, 6.45) is 5.31. The molecule has 2 aliphatic rings. The van der Waals surface area contributed by atoms with E-state index in [1.165, 1.54) is 21.2 Å². The summed E-state index contributed by atoms with van der Waals surface area (Å²) < 4.78 is 2.16. The normalized spacial score (nSPS) is 16.2. The molecule has 0 aromatic heterocycles. The first-order chi connectivity index (χ1) is 8.63. The van der Waals surface area contributed by atoms with Crippen LogP contribution in [0.1, 0.15) is 6.42 Å². The third kappa shape index (κ3) is 2.65. The number of hydrogen-bond donors (Lipinski definition) is 2. The van der Waals surface area contributed by atoms with Crippen LogP contribution in [0.25, 0.3) is 0 Å². The molecule has 0 saturated carbocycles. The van der Waals surface area contributed by atoms with E-state index in [0.717, 1.165) is 17.8 Å². The SMILES string of the molecule is C[N+](C)=C1C=CC2=C(C1)Sc1cc(N)ccc1N2.[Cl-]. The monoisotopic (exact) mass is 293 g/mol. The van der Waals surface area contributed by atoms with E-state index < -0.39 is 0 Å². The fourth-order valence-electron chi connectivity index (χ4n) is 2.11. The summed E-state index contributed by atoms with van der Waals surface area (Å²) in [5.41, 5.74) is 10.3. The number of nitrogens with one attached hydrogen (secondary N) is 1. The maximum absolute atomic E-state index is 5.84. The second-order valence-corrected chi connectivity index (χ2v) is 5.85. The lowest BCUT2D eigenvalue weighted by Gasteiger charge is -2.24. The molecule has 1 aliphatic carbocycles. The topological polar surface area (TPSA) is 41.1 Å². The van der Waals surface area contributed by atoms with Gasteiger partial charge >= 0.3 is 0 Å². The first-order valence-electron chi connectivity index (χ1n) is 5.92. The van der Waals surface area contributed by atoms with Crippen LogP contribution in [-0.4, -0.2) is 24.4 Å². The highest BCUT2D eigenvalue weighted by Gasteiger charge is 2.23. The average molecular weight is 294 g/mol. The van der Waals surface area contributed by atoms with Crippen molar-refractivity contribution >= 4 is 28.8 Å². The third-order valence-corrected chi connectivity index (χ3v) is 4.34. The summed E-state index contributed by atoms with van der Waals surface area (Å²) in [5.74, 6) is 0. The quantitative estimate of drug-likeness (QED) is 0.509. The Labute approximate surface area is 123 Å². The molecule has 0 spiro atoms. The molecule has 0 fully saturated rings. The lowest BCUT2D eigenvalue weighted by Crippen LogP contribution is -3.00. The minimum atomic E-state index is 0. The van der Waals surface area contributed by atoms with Crippen LogP contribution >= 0.6 is 11.8 Å². The fraction of sp³-hybridized carbons (Fsp3) is 0.214. The molecule has 19 heavy (non-hydrogen) atoms. The number of fused-ring (bicyclic) bond motifs is 1. The first kappa shape index (κ1) is 14.0. The zero-order chi connectivity index (χ0) is 12.7. The molecule has 3 nitrogen and oxygen atoms in total. The van der Waals surface area contributed by atoms with Gasteiger partial charge in [0.2, 0.25) is 0 Å². The molecule has 3 N–H and O–H groups in total. The maximum atomic E-state index is 5.84. The number of nitrogens with two attached hydrogens (primary N) is 1. The van der Waals surface area contributed by atoms with Gasteiger partial charge in [0.15, 0.2) is 5.71 Å². The van der Waals surface area contributed by atoms with Gasteiger partial charge in [-0.3, -0.25) is 0 Å². The van der Waals surface area contributed by atoms with Crippen molar-refractivity contribution in [3.8, 4) is 0 Å². The van der Waals surface area contributed by atoms with Gasteiger partial charge in [0.25, 0.3) is 0 Å². The number of allylic oxidation sites excluding steroid dienone is 3. The van der Waals surface area contributed by atoms with Crippen LogP contribution in [0.2, 0.25) is 0 Å². The number of rotatable bonds is 0. The minimum Gasteiger partial charge on any atom is -1.00 e. The number of halogens is 1. The molecular formula is C14H16ClN3S. The van der Waals surface area contributed by atoms with E-state index in [4.69, 9.17) is 5.73 Å². The van der Waals surface area contributed by atoms with Crippen LogP contribution in [0.4, 0.5) is 11.4 Å². The van der Waals surface area contributed by atoms with Crippen molar-refractivity contribution in [3.05, 3.63) is 41.0 Å². The predicted octanol–water partition coefficient (Wildman–Crippen LogP) is -0.325. The molecule has 1 aromatic rings. The van der Waals surface area contributed by atoms with Crippen LogP contribution in [0.5, 0.6) is 0 Å². The zero-order valence-electron chi connectivity index (χ0n) is 10.9. The van der Waals surface area contributed by atoms with Crippen molar-refractivity contribution in [1.82, 2.24) is 0 Å². The second kappa shape index (κ2) is 5.31. The maximum Gasteiger partial charge on any atom is 0.180 e. The van der Waals surface area contributed by atoms with Crippen molar-refractivity contribution in [2.75, 3.05) is 25.1 Å². The van der Waals surface area contributed by atoms with E-state index in [1.807, 2.05) is 30.0 Å². The second-order valence-electron chi connectivity index (χ2n) is 4.72. The Balaban J connectivity index is 0.00000133. The Bertz CT molecular complexity index is 613. The number of nitrogens with zero attached hydrogens (tertiary/aromatic N) is 1. The van der Waals surface area contributed by atoms with Crippen molar-refractivity contribution in [3.63, 3.8) is 0 Å². The number of nitrogen functional groups attached to an aromatic ring is 1. The highest BCUT2D eigenvalue weighted by molar-refractivity contribution is 8.03. The van der Waals surface area contributed by atoms with Crippen LogP contribution in [0.3, 0.4) is 0 Å². The van der Waals surface area contributed by atoms with Crippen LogP contribution in [0.15, 0.2) is 45.8 Å². The van der Waals surface area contributed by atoms with Gasteiger partial charge in [0.05, 0.1) is 12.1 Å². The standard InChI is InChI=1S/C14H16N3S.ClH/c1-17(2)10-4-6-12-14(8-10)18-13-7-9(15)3-5-11(13)16-12;/h3-7,16H,8,15H2,1-2H3;1H/q+1;/p-1. The molecule has 100 valence electrons. The molecule has 1 aromatic carbocycles. The van der Waals surface area contributed by atoms with E-state index in [9.17, 15) is 0 Å². The summed E-state index contributed by atoms with van der Waals surface area (Å²) in [7, 11) is 4.16. The summed E-state index contributed by atoms with van der Waals surface area (Å²) >= 11 is 1.81. The molecule has 0 bridgehead atoms. The minimum absolute atomic E-state index is 0. The molecule has 1 heterocycles.